The van der Waals surface area contributed by atoms with E-state index in [1.54, 1.807) is 18.3 Å². The summed E-state index contributed by atoms with van der Waals surface area (Å²) in [5.41, 5.74) is 4.95. The van der Waals surface area contributed by atoms with E-state index in [-0.39, 0.29) is 69.0 Å². The first-order valence-electron chi connectivity index (χ1n) is 15.6. The molecule has 2 aromatic heterocycles. The molecular formula is C32H31ClN7NaO10S2+2. The van der Waals surface area contributed by atoms with Crippen molar-refractivity contribution in [1.82, 2.24) is 15.2 Å². The summed E-state index contributed by atoms with van der Waals surface area (Å²) in [6.07, 6.45) is 2.87. The van der Waals surface area contributed by atoms with Crippen LogP contribution >= 0.6 is 34.7 Å². The molecule has 53 heavy (non-hydrogen) atoms. The molecule has 0 bridgehead atoms. The maximum atomic E-state index is 13.6. The number of nitrogens with two attached hydrogens (primary N) is 1. The van der Waals surface area contributed by atoms with Crippen molar-refractivity contribution in [3.05, 3.63) is 69.1 Å². The van der Waals surface area contributed by atoms with Crippen LogP contribution < -0.4 is 50.1 Å². The number of hydrogen-bond acceptors (Lipinski definition) is 13. The van der Waals surface area contributed by atoms with E-state index in [1.807, 2.05) is 4.57 Å². The van der Waals surface area contributed by atoms with Crippen molar-refractivity contribution in [2.45, 2.75) is 50.3 Å². The van der Waals surface area contributed by atoms with Gasteiger partial charge in [0.1, 0.15) is 28.5 Å². The number of nitrogens with one attached hydrogen (secondary N) is 1. The molecule has 5 heterocycles. The summed E-state index contributed by atoms with van der Waals surface area (Å²) < 4.78 is 1.81. The maximum Gasteiger partial charge on any atom is 1.00 e. The van der Waals surface area contributed by atoms with Gasteiger partial charge in [0.05, 0.1) is 10.6 Å². The normalized spacial score (nSPS) is 18.3. The van der Waals surface area contributed by atoms with E-state index in [2.05, 4.69) is 15.5 Å². The number of carbonyl (C=O) groups is 5. The minimum Gasteiger partial charge on any atom is -0.504 e. The van der Waals surface area contributed by atoms with Crippen LogP contribution in [-0.4, -0.2) is 95.0 Å². The van der Waals surface area contributed by atoms with Gasteiger partial charge >= 0.3 is 41.5 Å². The monoisotopic (exact) mass is 795 g/mol. The van der Waals surface area contributed by atoms with Crippen LogP contribution in [0.4, 0.5) is 10.8 Å². The number of anilines is 2. The number of phenolic OH excluding ortho intramolecular Hbond substituents is 2. The predicted octanol–water partition coefficient (Wildman–Crippen LogP) is -1.30. The van der Waals surface area contributed by atoms with Gasteiger partial charge in [0.15, 0.2) is 35.1 Å². The van der Waals surface area contributed by atoms with Gasteiger partial charge in [0.25, 0.3) is 17.7 Å². The number of nitrogens with zero attached hydrogens (tertiary/aromatic N) is 5. The van der Waals surface area contributed by atoms with Gasteiger partial charge in [0.2, 0.25) is 11.3 Å². The summed E-state index contributed by atoms with van der Waals surface area (Å²) in [6, 6.07) is 4.79. The first kappa shape index (κ1) is 39.8. The molecule has 7 N–H and O–H groups in total. The quantitative estimate of drug-likeness (QED) is 0.0349. The Hall–Kier alpha value is -4.40. The largest absolute Gasteiger partial charge is 1.00 e. The number of thiazole rings is 1. The van der Waals surface area contributed by atoms with Gasteiger partial charge in [-0.05, 0) is 38.5 Å². The number of aliphatic carboxylic acids is 2. The molecule has 1 fully saturated rings. The summed E-state index contributed by atoms with van der Waals surface area (Å²) in [5.74, 6) is -5.67. The smallest absolute Gasteiger partial charge is 0.504 e. The first-order valence-corrected chi connectivity index (χ1v) is 17.9. The second-order valence-corrected chi connectivity index (χ2v) is 14.7. The zero-order valence-corrected chi connectivity index (χ0v) is 32.8. The molecule has 3 aliphatic heterocycles. The number of thioether (sulfide) groups is 1. The molecule has 3 amide bonds. The van der Waals surface area contributed by atoms with Crippen LogP contribution in [-0.2, 0) is 37.0 Å². The number of β-lactam (4-membered cyclic amide) rings is 1. The third-order valence-corrected chi connectivity index (χ3v) is 11.0. The van der Waals surface area contributed by atoms with Crippen LogP contribution in [0.3, 0.4) is 0 Å². The Labute approximate surface area is 336 Å². The van der Waals surface area contributed by atoms with Gasteiger partial charge in [-0.1, -0.05) is 16.8 Å². The van der Waals surface area contributed by atoms with Gasteiger partial charge in [-0.2, -0.15) is 4.57 Å². The minimum absolute atomic E-state index is 0. The molecule has 1 saturated heterocycles. The number of fused-ring (bicyclic) bond motifs is 2. The number of pyridine rings is 1. The molecule has 272 valence electrons. The number of rotatable bonds is 10. The number of aromatic nitrogens is 2. The fraction of sp³-hybridized carbons (Fsp3) is 0.312. The molecule has 0 unspecified atom stereocenters. The number of benzene rings is 1. The molecule has 0 aliphatic carbocycles. The van der Waals surface area contributed by atoms with Crippen LogP contribution in [0.15, 0.2) is 52.3 Å². The van der Waals surface area contributed by atoms with Crippen LogP contribution in [0, 0.1) is 0 Å². The minimum atomic E-state index is -1.80. The van der Waals surface area contributed by atoms with Gasteiger partial charge < -0.3 is 41.2 Å². The van der Waals surface area contributed by atoms with Gasteiger partial charge in [-0.25, -0.2) is 14.6 Å². The zero-order valence-electron chi connectivity index (χ0n) is 28.4. The van der Waals surface area contributed by atoms with Crippen molar-refractivity contribution in [2.75, 3.05) is 22.9 Å². The standard InChI is InChI=1S/C32H30ClN7O10S2.Na/c1-32(2,30(48)49)50-37-21(16-13-52-31(34)35-16)25(43)36-22-27(45)40-23(29(46)47)14(12-51-28(22)40)11-38-9-3-6-18-17(38)5-4-10-39(18)26(44)15-7-8-19(41)24(42)20(15)33;/h3,6-9,13,22,28H,4-5,10-12H2,1-2H3,(H6-,34,35,36,37,41,42,43,44,46,47,48,49);/q;+1/p+1/t22-,28-;/m1./s1. The molecule has 0 radical (unpaired) electrons. The van der Waals surface area contributed by atoms with E-state index in [0.29, 0.717) is 30.6 Å². The number of carboxylic acids is 2. The molecular weight excluding hydrogens is 765 g/mol. The summed E-state index contributed by atoms with van der Waals surface area (Å²) in [5, 5.41) is 46.3. The van der Waals surface area contributed by atoms with E-state index >= 15 is 0 Å². The second kappa shape index (κ2) is 15.5. The molecule has 2 atom stereocenters. The van der Waals surface area contributed by atoms with Crippen molar-refractivity contribution < 1.29 is 83.4 Å². The van der Waals surface area contributed by atoms with Gasteiger partial charge in [-0.15, -0.1) is 23.1 Å². The van der Waals surface area contributed by atoms with Crippen LogP contribution in [0.2, 0.25) is 5.02 Å². The Morgan fingerprint density at radius 1 is 1.21 bits per heavy atom. The summed E-state index contributed by atoms with van der Waals surface area (Å²) in [7, 11) is 0. The average molecular weight is 796 g/mol. The Bertz CT molecular complexity index is 2110. The zero-order chi connectivity index (χ0) is 37.6. The third kappa shape index (κ3) is 7.54. The Morgan fingerprint density at radius 3 is 2.60 bits per heavy atom. The van der Waals surface area contributed by atoms with E-state index in [4.69, 9.17) is 22.2 Å². The van der Waals surface area contributed by atoms with Crippen molar-refractivity contribution in [3.63, 3.8) is 0 Å². The fourth-order valence-electron chi connectivity index (χ4n) is 5.86. The second-order valence-electron chi connectivity index (χ2n) is 12.4. The number of nitrogen functional groups attached to an aromatic ring is 1. The van der Waals surface area contributed by atoms with Crippen molar-refractivity contribution in [2.24, 2.45) is 5.16 Å². The SMILES string of the molecule is CC(C)(ON=C(C(=O)N[C@@H]1C(=O)N2C(C(=O)O)=C(C[n+]3cccc4c3CCCN4C(=O)c3ccc(O)c(O)c3Cl)CS[C@H]12)c1csc(N)n1)C(=O)O.[Na+]. The first-order chi connectivity index (χ1) is 24.6. The summed E-state index contributed by atoms with van der Waals surface area (Å²) in [4.78, 5) is 76.5. The number of hydrogen-bond donors (Lipinski definition) is 6. The van der Waals surface area contributed by atoms with E-state index in [0.717, 1.165) is 21.9 Å². The van der Waals surface area contributed by atoms with Crippen LogP contribution in [0.5, 0.6) is 11.5 Å². The molecule has 3 aromatic rings. The number of phenols is 2. The molecule has 17 nitrogen and oxygen atoms in total. The molecule has 6 rings (SSSR count). The van der Waals surface area contributed by atoms with Gasteiger partial charge in [-0.3, -0.25) is 19.3 Å². The molecule has 1 aromatic carbocycles. The topological polar surface area (TPSA) is 249 Å². The van der Waals surface area contributed by atoms with Gasteiger partial charge in [0, 0.05) is 35.7 Å². The number of amides is 3. The number of carbonyl (C=O) groups excluding carboxylic acids is 3. The summed E-state index contributed by atoms with van der Waals surface area (Å²) in [6.45, 7) is 2.88. The average Bonchev–Trinajstić information content (AvgIpc) is 3.54. The summed E-state index contributed by atoms with van der Waals surface area (Å²) >= 11 is 8.44. The van der Waals surface area contributed by atoms with Crippen molar-refractivity contribution >= 4 is 80.9 Å². The Morgan fingerprint density at radius 2 is 1.94 bits per heavy atom. The fourth-order valence-corrected chi connectivity index (χ4v) is 7.98. The maximum absolute atomic E-state index is 13.6. The molecule has 0 saturated carbocycles. The number of oxime groups is 1. The van der Waals surface area contributed by atoms with E-state index in [9.17, 15) is 44.4 Å². The molecule has 3 aliphatic rings. The predicted molar refractivity (Wildman–Crippen MR) is 187 cm³/mol. The van der Waals surface area contributed by atoms with E-state index < -0.39 is 63.9 Å². The number of halogens is 1. The molecule has 0 spiro atoms. The van der Waals surface area contributed by atoms with Crippen LogP contribution in [0.25, 0.3) is 0 Å². The molecule has 21 heteroatoms. The Balaban J connectivity index is 0.00000541. The van der Waals surface area contributed by atoms with E-state index in [1.165, 1.54) is 48.0 Å². The number of aromatic hydroxyl groups is 2. The van der Waals surface area contributed by atoms with Crippen molar-refractivity contribution in [1.29, 1.82) is 0 Å². The third-order valence-electron chi connectivity index (χ3n) is 8.58. The van der Waals surface area contributed by atoms with Crippen LogP contribution in [0.1, 0.15) is 42.0 Å². The van der Waals surface area contributed by atoms with Crippen molar-refractivity contribution in [3.8, 4) is 11.5 Å². The Kier molecular flexibility index (Phi) is 11.7. The number of carboxylic acid groups (broad SMARTS) is 2.